The van der Waals surface area contributed by atoms with Crippen LogP contribution >= 0.6 is 0 Å². The van der Waals surface area contributed by atoms with Crippen LogP contribution in [0.25, 0.3) is 0 Å². The second-order valence-corrected chi connectivity index (χ2v) is 6.76. The van der Waals surface area contributed by atoms with Gasteiger partial charge in [0.2, 0.25) is 0 Å². The number of para-hydroxylation sites is 1. The summed E-state index contributed by atoms with van der Waals surface area (Å²) in [6, 6.07) is 5.96. The molecule has 0 spiro atoms. The standard InChI is InChI=1S/C12H13N5O4S/c18-17(19)11-4-2-1-3-9(11)7-16(10-5-6-10)22(20,21)12-13-8-14-15-12/h1-4,8,10H,5-7H2,(H,13,14,15). The van der Waals surface area contributed by atoms with E-state index in [2.05, 4.69) is 15.2 Å². The minimum absolute atomic E-state index is 0.0646. The van der Waals surface area contributed by atoms with Gasteiger partial charge in [-0.2, -0.15) is 9.40 Å². The van der Waals surface area contributed by atoms with Crippen LogP contribution in [0.3, 0.4) is 0 Å². The predicted molar refractivity (Wildman–Crippen MR) is 75.2 cm³/mol. The molecule has 22 heavy (non-hydrogen) atoms. The highest BCUT2D eigenvalue weighted by atomic mass is 32.2. The molecule has 3 rings (SSSR count). The Kier molecular flexibility index (Phi) is 3.62. The molecule has 9 nitrogen and oxygen atoms in total. The Hall–Kier alpha value is -2.33. The van der Waals surface area contributed by atoms with Crippen molar-refractivity contribution >= 4 is 15.7 Å². The Labute approximate surface area is 126 Å². The lowest BCUT2D eigenvalue weighted by atomic mass is 10.2. The normalized spacial score (nSPS) is 15.1. The molecule has 1 fully saturated rings. The average molecular weight is 323 g/mol. The number of H-pyrrole nitrogens is 1. The molecule has 1 saturated carbocycles. The van der Waals surface area contributed by atoms with Crippen molar-refractivity contribution in [3.05, 3.63) is 46.3 Å². The maximum Gasteiger partial charge on any atom is 0.278 e. The van der Waals surface area contributed by atoms with Gasteiger partial charge < -0.3 is 0 Å². The van der Waals surface area contributed by atoms with Crippen LogP contribution in [0.4, 0.5) is 5.69 Å². The Balaban J connectivity index is 1.96. The van der Waals surface area contributed by atoms with E-state index in [0.717, 1.165) is 19.2 Å². The van der Waals surface area contributed by atoms with Crippen molar-refractivity contribution in [3.8, 4) is 0 Å². The van der Waals surface area contributed by atoms with Gasteiger partial charge in [0.15, 0.2) is 0 Å². The fraction of sp³-hybridized carbons (Fsp3) is 0.333. The predicted octanol–water partition coefficient (Wildman–Crippen LogP) is 1.07. The molecule has 0 aliphatic heterocycles. The molecule has 1 heterocycles. The lowest BCUT2D eigenvalue weighted by Crippen LogP contribution is -2.33. The first-order chi connectivity index (χ1) is 10.5. The van der Waals surface area contributed by atoms with Crippen molar-refractivity contribution in [3.63, 3.8) is 0 Å². The number of sulfonamides is 1. The van der Waals surface area contributed by atoms with E-state index in [1.54, 1.807) is 18.2 Å². The van der Waals surface area contributed by atoms with Crippen molar-refractivity contribution in [1.82, 2.24) is 19.5 Å². The molecule has 2 aromatic rings. The number of nitro groups is 1. The first-order valence-corrected chi connectivity index (χ1v) is 8.03. The van der Waals surface area contributed by atoms with E-state index in [4.69, 9.17) is 0 Å². The van der Waals surface area contributed by atoms with Crippen LogP contribution < -0.4 is 0 Å². The molecule has 0 saturated heterocycles. The summed E-state index contributed by atoms with van der Waals surface area (Å²) in [7, 11) is -3.85. The number of nitrogens with one attached hydrogen (secondary N) is 1. The monoisotopic (exact) mass is 323 g/mol. The number of nitro benzene ring substituents is 1. The van der Waals surface area contributed by atoms with E-state index < -0.39 is 14.9 Å². The summed E-state index contributed by atoms with van der Waals surface area (Å²) in [4.78, 5) is 14.3. The molecule has 1 aromatic carbocycles. The van der Waals surface area contributed by atoms with E-state index in [1.807, 2.05) is 0 Å². The first kappa shape index (κ1) is 14.6. The van der Waals surface area contributed by atoms with Gasteiger partial charge >= 0.3 is 0 Å². The van der Waals surface area contributed by atoms with E-state index in [1.165, 1.54) is 10.4 Å². The van der Waals surface area contributed by atoms with Crippen molar-refractivity contribution < 1.29 is 13.3 Å². The van der Waals surface area contributed by atoms with E-state index in [0.29, 0.717) is 5.56 Å². The fourth-order valence-corrected chi connectivity index (χ4v) is 3.68. The zero-order valence-corrected chi connectivity index (χ0v) is 12.2. The highest BCUT2D eigenvalue weighted by molar-refractivity contribution is 7.88. The number of nitrogens with zero attached hydrogens (tertiary/aromatic N) is 4. The molecular formula is C12H13N5O4S. The van der Waals surface area contributed by atoms with Gasteiger partial charge in [-0.05, 0) is 12.8 Å². The van der Waals surface area contributed by atoms with Crippen molar-refractivity contribution in [2.24, 2.45) is 0 Å². The molecule has 0 unspecified atom stereocenters. The fourth-order valence-electron chi connectivity index (χ4n) is 2.19. The van der Waals surface area contributed by atoms with Crippen LogP contribution in [-0.4, -0.2) is 38.9 Å². The summed E-state index contributed by atoms with van der Waals surface area (Å²) >= 11 is 0. The Bertz CT molecular complexity index is 786. The topological polar surface area (TPSA) is 122 Å². The van der Waals surface area contributed by atoms with Crippen molar-refractivity contribution in [2.45, 2.75) is 30.6 Å². The van der Waals surface area contributed by atoms with Gasteiger partial charge in [-0.1, -0.05) is 18.2 Å². The molecule has 1 aromatic heterocycles. The molecule has 1 N–H and O–H groups in total. The summed E-state index contributed by atoms with van der Waals surface area (Å²) in [5.41, 5.74) is 0.253. The third-order valence-corrected chi connectivity index (χ3v) is 5.14. The number of rotatable bonds is 6. The average Bonchev–Trinajstić information content (AvgIpc) is 3.16. The third-order valence-electron chi connectivity index (χ3n) is 3.41. The van der Waals surface area contributed by atoms with E-state index in [9.17, 15) is 18.5 Å². The minimum atomic E-state index is -3.85. The molecule has 116 valence electrons. The highest BCUT2D eigenvalue weighted by Crippen LogP contribution is 2.34. The van der Waals surface area contributed by atoms with Crippen LogP contribution in [0.2, 0.25) is 0 Å². The third kappa shape index (κ3) is 2.70. The molecule has 10 heteroatoms. The zero-order chi connectivity index (χ0) is 15.7. The summed E-state index contributed by atoms with van der Waals surface area (Å²) < 4.78 is 26.4. The largest absolute Gasteiger partial charge is 0.278 e. The summed E-state index contributed by atoms with van der Waals surface area (Å²) in [6.45, 7) is -0.0646. The van der Waals surface area contributed by atoms with Crippen LogP contribution in [0.15, 0.2) is 35.7 Å². The van der Waals surface area contributed by atoms with Crippen LogP contribution in [-0.2, 0) is 16.6 Å². The van der Waals surface area contributed by atoms with Crippen LogP contribution in [0, 0.1) is 10.1 Å². The van der Waals surface area contributed by atoms with Gasteiger partial charge in [0, 0.05) is 24.2 Å². The molecule has 1 aliphatic rings. The van der Waals surface area contributed by atoms with Gasteiger partial charge in [-0.3, -0.25) is 10.1 Å². The van der Waals surface area contributed by atoms with Crippen molar-refractivity contribution in [2.75, 3.05) is 0 Å². The van der Waals surface area contributed by atoms with E-state index >= 15 is 0 Å². The molecular weight excluding hydrogens is 310 g/mol. The maximum atomic E-state index is 12.6. The summed E-state index contributed by atoms with van der Waals surface area (Å²) in [6.07, 6.45) is 2.57. The van der Waals surface area contributed by atoms with E-state index in [-0.39, 0.29) is 23.4 Å². The highest BCUT2D eigenvalue weighted by Gasteiger charge is 2.40. The SMILES string of the molecule is O=[N+]([O-])c1ccccc1CN(C1CC1)S(=O)(=O)c1ncn[nH]1. The lowest BCUT2D eigenvalue weighted by molar-refractivity contribution is -0.385. The Morgan fingerprint density at radius 2 is 2.09 bits per heavy atom. The van der Waals surface area contributed by atoms with Gasteiger partial charge in [0.1, 0.15) is 6.33 Å². The van der Waals surface area contributed by atoms with Gasteiger partial charge in [-0.25, -0.2) is 18.5 Å². The molecule has 0 amide bonds. The Morgan fingerprint density at radius 3 is 2.68 bits per heavy atom. The maximum absolute atomic E-state index is 12.6. The number of aromatic amines is 1. The molecule has 0 bridgehead atoms. The second kappa shape index (κ2) is 5.46. The molecule has 0 atom stereocenters. The number of hydrogen-bond acceptors (Lipinski definition) is 6. The first-order valence-electron chi connectivity index (χ1n) is 6.59. The van der Waals surface area contributed by atoms with Crippen LogP contribution in [0.5, 0.6) is 0 Å². The molecule has 1 aliphatic carbocycles. The number of benzene rings is 1. The zero-order valence-electron chi connectivity index (χ0n) is 11.4. The summed E-state index contributed by atoms with van der Waals surface area (Å²) in [5, 5.41) is 16.7. The molecule has 0 radical (unpaired) electrons. The smallest absolute Gasteiger partial charge is 0.258 e. The van der Waals surface area contributed by atoms with Crippen LogP contribution in [0.1, 0.15) is 18.4 Å². The summed E-state index contributed by atoms with van der Waals surface area (Å²) in [5.74, 6) is 0. The minimum Gasteiger partial charge on any atom is -0.258 e. The van der Waals surface area contributed by atoms with Gasteiger partial charge in [-0.15, -0.1) is 0 Å². The number of aromatic nitrogens is 3. The van der Waals surface area contributed by atoms with Crippen molar-refractivity contribution in [1.29, 1.82) is 0 Å². The van der Waals surface area contributed by atoms with Gasteiger partial charge in [0.05, 0.1) is 4.92 Å². The number of hydrogen-bond donors (Lipinski definition) is 1. The van der Waals surface area contributed by atoms with Gasteiger partial charge in [0.25, 0.3) is 20.9 Å². The quantitative estimate of drug-likeness (QED) is 0.626. The second-order valence-electron chi connectivity index (χ2n) is 4.96. The lowest BCUT2D eigenvalue weighted by Gasteiger charge is -2.20. The Morgan fingerprint density at radius 1 is 1.36 bits per heavy atom.